The van der Waals surface area contributed by atoms with Crippen LogP contribution in [0.25, 0.3) is 16.8 Å². The van der Waals surface area contributed by atoms with Gasteiger partial charge in [0.1, 0.15) is 5.65 Å². The third-order valence-corrected chi connectivity index (χ3v) is 6.20. The lowest BCUT2D eigenvalue weighted by Gasteiger charge is -2.13. The Morgan fingerprint density at radius 2 is 1.97 bits per heavy atom. The highest BCUT2D eigenvalue weighted by Crippen LogP contribution is 2.20. The summed E-state index contributed by atoms with van der Waals surface area (Å²) in [5, 5.41) is 4.44. The summed E-state index contributed by atoms with van der Waals surface area (Å²) in [4.78, 5) is 8.54. The number of sulfonamides is 1. The molecule has 0 amide bonds. The Morgan fingerprint density at radius 3 is 2.72 bits per heavy atom. The Balaban J connectivity index is 1.66. The van der Waals surface area contributed by atoms with E-state index in [0.717, 1.165) is 21.2 Å². The Labute approximate surface area is 173 Å². The quantitative estimate of drug-likeness (QED) is 0.360. The van der Waals surface area contributed by atoms with Crippen molar-refractivity contribution in [3.05, 3.63) is 84.0 Å². The molecule has 0 fully saturated rings. The van der Waals surface area contributed by atoms with Gasteiger partial charge in [0.2, 0.25) is 0 Å². The summed E-state index contributed by atoms with van der Waals surface area (Å²) in [6.45, 7) is 0. The van der Waals surface area contributed by atoms with Gasteiger partial charge >= 0.3 is 0 Å². The molecular formula is C20H16ClN5O2S. The van der Waals surface area contributed by atoms with Crippen LogP contribution in [0.1, 0.15) is 5.69 Å². The predicted molar refractivity (Wildman–Crippen MR) is 112 cm³/mol. The van der Waals surface area contributed by atoms with Crippen LogP contribution in [-0.4, -0.2) is 40.5 Å². The summed E-state index contributed by atoms with van der Waals surface area (Å²) in [6, 6.07) is 13.7. The average Bonchev–Trinajstić information content (AvgIpc) is 3.14. The van der Waals surface area contributed by atoms with Gasteiger partial charge < -0.3 is 0 Å². The molecule has 1 aromatic carbocycles. The van der Waals surface area contributed by atoms with Gasteiger partial charge in [-0.05, 0) is 36.4 Å². The summed E-state index contributed by atoms with van der Waals surface area (Å²) in [6.07, 6.45) is 8.48. The molecule has 0 aliphatic rings. The van der Waals surface area contributed by atoms with Gasteiger partial charge in [-0.1, -0.05) is 23.7 Å². The second-order valence-electron chi connectivity index (χ2n) is 6.21. The zero-order valence-corrected chi connectivity index (χ0v) is 16.9. The lowest BCUT2D eigenvalue weighted by Crippen LogP contribution is -2.22. The van der Waals surface area contributed by atoms with Crippen molar-refractivity contribution in [2.45, 2.75) is 4.90 Å². The van der Waals surface area contributed by atoms with E-state index in [1.165, 1.54) is 25.4 Å². The maximum atomic E-state index is 12.7. The molecule has 0 saturated carbocycles. The number of hydrogen-bond acceptors (Lipinski definition) is 5. The number of halogens is 1. The topological polar surface area (TPSA) is 79.9 Å². The van der Waals surface area contributed by atoms with Crippen molar-refractivity contribution < 1.29 is 8.42 Å². The van der Waals surface area contributed by atoms with Crippen molar-refractivity contribution in [2.24, 2.45) is 5.10 Å². The molecule has 4 rings (SSSR count). The van der Waals surface area contributed by atoms with E-state index in [9.17, 15) is 8.42 Å². The molecule has 0 aliphatic heterocycles. The Hall–Kier alpha value is -3.23. The van der Waals surface area contributed by atoms with Crippen molar-refractivity contribution in [3.8, 4) is 11.1 Å². The average molecular weight is 426 g/mol. The largest absolute Gasteiger partial charge is 0.298 e. The molecule has 3 heterocycles. The monoisotopic (exact) mass is 425 g/mol. The maximum absolute atomic E-state index is 12.7. The third kappa shape index (κ3) is 3.85. The van der Waals surface area contributed by atoms with Gasteiger partial charge in [0.05, 0.1) is 23.0 Å². The highest BCUT2D eigenvalue weighted by atomic mass is 35.5. The zero-order chi connectivity index (χ0) is 20.4. The fourth-order valence-electron chi connectivity index (χ4n) is 2.78. The van der Waals surface area contributed by atoms with E-state index in [2.05, 4.69) is 15.1 Å². The van der Waals surface area contributed by atoms with Crippen LogP contribution in [0.2, 0.25) is 5.02 Å². The van der Waals surface area contributed by atoms with Crippen molar-refractivity contribution >= 4 is 33.5 Å². The van der Waals surface area contributed by atoms with Gasteiger partial charge in [0.15, 0.2) is 0 Å². The second kappa shape index (κ2) is 7.65. The lowest BCUT2D eigenvalue weighted by atomic mass is 10.1. The maximum Gasteiger partial charge on any atom is 0.278 e. The standard InChI is InChI=1S/C20H16ClN5O2S/c1-25(29(27,28)19-6-2-5-17(21)10-19)24-13-18-12-23-20-8-7-16(14-26(18)20)15-4-3-9-22-11-15/h2-14H,1H3. The molecule has 0 atom stereocenters. The van der Waals surface area contributed by atoms with Gasteiger partial charge in [-0.2, -0.15) is 17.9 Å². The van der Waals surface area contributed by atoms with Crippen LogP contribution in [0.5, 0.6) is 0 Å². The molecule has 0 aliphatic carbocycles. The Kier molecular flexibility index (Phi) is 5.04. The minimum atomic E-state index is -3.81. The van der Waals surface area contributed by atoms with E-state index in [1.54, 1.807) is 30.7 Å². The predicted octanol–water partition coefficient (Wildman–Crippen LogP) is 3.70. The van der Waals surface area contributed by atoms with Crippen LogP contribution in [-0.2, 0) is 10.0 Å². The molecule has 0 spiro atoms. The van der Waals surface area contributed by atoms with Gasteiger partial charge in [-0.3, -0.25) is 9.38 Å². The number of rotatable bonds is 5. The first-order chi connectivity index (χ1) is 13.9. The molecular weight excluding hydrogens is 410 g/mol. The summed E-state index contributed by atoms with van der Waals surface area (Å²) in [7, 11) is -2.43. The number of imidazole rings is 1. The molecule has 0 saturated heterocycles. The molecule has 9 heteroatoms. The fourth-order valence-corrected chi connectivity index (χ4v) is 4.04. The van der Waals surface area contributed by atoms with Gasteiger partial charge in [-0.25, -0.2) is 4.98 Å². The summed E-state index contributed by atoms with van der Waals surface area (Å²) in [5.41, 5.74) is 3.28. The molecule has 3 aromatic heterocycles. The molecule has 0 radical (unpaired) electrons. The van der Waals surface area contributed by atoms with Gasteiger partial charge in [0.25, 0.3) is 10.0 Å². The van der Waals surface area contributed by atoms with Crippen molar-refractivity contribution in [1.82, 2.24) is 18.8 Å². The molecule has 7 nitrogen and oxygen atoms in total. The van der Waals surface area contributed by atoms with Crippen LogP contribution >= 0.6 is 11.6 Å². The molecule has 146 valence electrons. The fraction of sp³-hybridized carbons (Fsp3) is 0.0500. The van der Waals surface area contributed by atoms with E-state index in [-0.39, 0.29) is 4.90 Å². The Morgan fingerprint density at radius 1 is 1.10 bits per heavy atom. The number of hydrogen-bond donors (Lipinski definition) is 0. The molecule has 0 unspecified atom stereocenters. The van der Waals surface area contributed by atoms with Crippen molar-refractivity contribution in [3.63, 3.8) is 0 Å². The minimum absolute atomic E-state index is 0.0710. The molecule has 29 heavy (non-hydrogen) atoms. The molecule has 0 bridgehead atoms. The normalized spacial score (nSPS) is 11.9. The van der Waals surface area contributed by atoms with Crippen LogP contribution in [0, 0.1) is 0 Å². The minimum Gasteiger partial charge on any atom is -0.298 e. The number of pyridine rings is 2. The highest BCUT2D eigenvalue weighted by Gasteiger charge is 2.19. The van der Waals surface area contributed by atoms with E-state index in [0.29, 0.717) is 10.7 Å². The number of benzene rings is 1. The van der Waals surface area contributed by atoms with E-state index in [4.69, 9.17) is 11.6 Å². The smallest absolute Gasteiger partial charge is 0.278 e. The van der Waals surface area contributed by atoms with Crippen LogP contribution < -0.4 is 0 Å². The first-order valence-electron chi connectivity index (χ1n) is 8.61. The number of fused-ring (bicyclic) bond motifs is 1. The first-order valence-corrected chi connectivity index (χ1v) is 10.4. The van der Waals surface area contributed by atoms with Gasteiger partial charge in [-0.15, -0.1) is 0 Å². The van der Waals surface area contributed by atoms with E-state index < -0.39 is 10.0 Å². The lowest BCUT2D eigenvalue weighted by molar-refractivity contribution is 0.491. The summed E-state index contributed by atoms with van der Waals surface area (Å²) in [5.74, 6) is 0. The second-order valence-corrected chi connectivity index (χ2v) is 8.60. The van der Waals surface area contributed by atoms with Crippen LogP contribution in [0.4, 0.5) is 0 Å². The zero-order valence-electron chi connectivity index (χ0n) is 15.3. The van der Waals surface area contributed by atoms with E-state index >= 15 is 0 Å². The van der Waals surface area contributed by atoms with Gasteiger partial charge in [0, 0.05) is 41.8 Å². The highest BCUT2D eigenvalue weighted by molar-refractivity contribution is 7.89. The van der Waals surface area contributed by atoms with Crippen molar-refractivity contribution in [2.75, 3.05) is 7.05 Å². The van der Waals surface area contributed by atoms with Crippen LogP contribution in [0.15, 0.2) is 83.3 Å². The first kappa shape index (κ1) is 19.1. The van der Waals surface area contributed by atoms with E-state index in [1.807, 2.05) is 34.9 Å². The molecule has 4 aromatic rings. The van der Waals surface area contributed by atoms with Crippen molar-refractivity contribution in [1.29, 1.82) is 0 Å². The third-order valence-electron chi connectivity index (χ3n) is 4.32. The number of aromatic nitrogens is 3. The number of hydrazone groups is 1. The SMILES string of the molecule is CN(N=Cc1cnc2ccc(-c3cccnc3)cn12)S(=O)(=O)c1cccc(Cl)c1. The Bertz CT molecular complexity index is 1300. The summed E-state index contributed by atoms with van der Waals surface area (Å²) >= 11 is 5.91. The number of nitrogens with zero attached hydrogens (tertiary/aromatic N) is 5. The van der Waals surface area contributed by atoms with Crippen LogP contribution in [0.3, 0.4) is 0 Å². The molecule has 0 N–H and O–H groups in total. The summed E-state index contributed by atoms with van der Waals surface area (Å²) < 4.78 is 28.1.